The number of nitrogens with zero attached hydrogens (tertiary/aromatic N) is 3. The topological polar surface area (TPSA) is 74.8 Å². The van der Waals surface area contributed by atoms with Crippen LogP contribution in [0.1, 0.15) is 56.3 Å². The Balaban J connectivity index is 1.71. The molecule has 2 aromatic carbocycles. The molecule has 4 aromatic rings. The molecule has 5 rings (SSSR count). The zero-order valence-electron chi connectivity index (χ0n) is 24.2. The zero-order valence-corrected chi connectivity index (χ0v) is 26.5. The van der Waals surface area contributed by atoms with Crippen LogP contribution in [0.25, 0.3) is 11.8 Å². The highest BCUT2D eigenvalue weighted by molar-refractivity contribution is 7.07. The number of aromatic nitrogens is 2. The number of carbonyl (C=O) groups excluding carboxylic acids is 1. The Hall–Kier alpha value is -3.59. The zero-order chi connectivity index (χ0) is 30.3. The highest BCUT2D eigenvalue weighted by Crippen LogP contribution is 2.36. The van der Waals surface area contributed by atoms with Gasteiger partial charge in [0.1, 0.15) is 11.8 Å². The second-order valence-corrected chi connectivity index (χ2v) is 12.1. The number of hydrogen-bond acceptors (Lipinski definition) is 6. The van der Waals surface area contributed by atoms with Crippen LogP contribution in [0.5, 0.6) is 5.75 Å². The minimum absolute atomic E-state index is 0.108. The molecule has 1 unspecified atom stereocenters. The second-order valence-electron chi connectivity index (χ2n) is 10.3. The fraction of sp³-hybridized carbons (Fsp3) is 0.281. The molecule has 10 heteroatoms. The van der Waals surface area contributed by atoms with E-state index in [0.29, 0.717) is 42.0 Å². The Morgan fingerprint density at radius 3 is 2.52 bits per heavy atom. The fourth-order valence-corrected chi connectivity index (χ4v) is 6.58. The van der Waals surface area contributed by atoms with Crippen molar-refractivity contribution in [2.45, 2.75) is 53.7 Å². The molecule has 0 N–H and O–H groups in total. The quantitative estimate of drug-likeness (QED) is 0.226. The van der Waals surface area contributed by atoms with Crippen molar-refractivity contribution in [1.82, 2.24) is 9.13 Å². The van der Waals surface area contributed by atoms with Gasteiger partial charge in [-0.15, -0.1) is 0 Å². The molecule has 2 aromatic heterocycles. The van der Waals surface area contributed by atoms with Gasteiger partial charge in [-0.3, -0.25) is 9.36 Å². The lowest BCUT2D eigenvalue weighted by molar-refractivity contribution is -0.139. The van der Waals surface area contributed by atoms with E-state index in [2.05, 4.69) is 4.57 Å². The van der Waals surface area contributed by atoms with E-state index < -0.39 is 12.0 Å². The van der Waals surface area contributed by atoms with Crippen LogP contribution in [0.3, 0.4) is 0 Å². The van der Waals surface area contributed by atoms with Crippen molar-refractivity contribution in [3.63, 3.8) is 0 Å². The summed E-state index contributed by atoms with van der Waals surface area (Å²) in [5.41, 5.74) is 4.92. The lowest BCUT2D eigenvalue weighted by Gasteiger charge is -2.26. The first-order valence-electron chi connectivity index (χ1n) is 13.6. The number of halogens is 2. The van der Waals surface area contributed by atoms with Gasteiger partial charge in [0, 0.05) is 22.6 Å². The first-order valence-corrected chi connectivity index (χ1v) is 15.2. The summed E-state index contributed by atoms with van der Waals surface area (Å²) in [6, 6.07) is 14.2. The van der Waals surface area contributed by atoms with Crippen molar-refractivity contribution >= 4 is 46.6 Å². The highest BCUT2D eigenvalue weighted by Gasteiger charge is 2.35. The monoisotopic (exact) mass is 623 g/mol. The van der Waals surface area contributed by atoms with Gasteiger partial charge in [-0.2, -0.15) is 0 Å². The minimum atomic E-state index is -0.763. The Morgan fingerprint density at radius 2 is 1.83 bits per heavy atom. The first-order chi connectivity index (χ1) is 20.0. The van der Waals surface area contributed by atoms with E-state index in [9.17, 15) is 9.59 Å². The van der Waals surface area contributed by atoms with Crippen molar-refractivity contribution in [2.75, 3.05) is 6.61 Å². The van der Waals surface area contributed by atoms with Gasteiger partial charge in [0.05, 0.1) is 38.6 Å². The molecule has 1 atom stereocenters. The van der Waals surface area contributed by atoms with Gasteiger partial charge in [-0.1, -0.05) is 52.7 Å². The third-order valence-electron chi connectivity index (χ3n) is 7.01. The summed E-state index contributed by atoms with van der Waals surface area (Å²) in [5.74, 6) is 0.0799. The summed E-state index contributed by atoms with van der Waals surface area (Å²) >= 11 is 13.7. The molecule has 0 fully saturated rings. The lowest BCUT2D eigenvalue weighted by Crippen LogP contribution is -2.40. The van der Waals surface area contributed by atoms with Crippen LogP contribution in [0.2, 0.25) is 10.0 Å². The van der Waals surface area contributed by atoms with Gasteiger partial charge in [-0.05, 0) is 83.5 Å². The number of benzene rings is 2. The summed E-state index contributed by atoms with van der Waals surface area (Å²) < 4.78 is 15.7. The second kappa shape index (κ2) is 12.0. The SMILES string of the molecule is CCOC(=O)C1=C(C)N=c2sc(=Cc3cc(C)n(-c4ccc(Cl)c(Cl)c4)c3C)c(=O)n2C1c1ccccc1OC(C)C. The molecule has 0 aliphatic carbocycles. The molecular formula is C32H31Cl2N3O4S. The van der Waals surface area contributed by atoms with Crippen molar-refractivity contribution in [3.05, 3.63) is 112 Å². The number of thiazole rings is 1. The molecule has 7 nitrogen and oxygen atoms in total. The maximum atomic E-state index is 14.2. The van der Waals surface area contributed by atoms with Gasteiger partial charge in [0.25, 0.3) is 5.56 Å². The molecule has 0 saturated carbocycles. The summed E-state index contributed by atoms with van der Waals surface area (Å²) in [5, 5.41) is 0.947. The predicted molar refractivity (Wildman–Crippen MR) is 168 cm³/mol. The van der Waals surface area contributed by atoms with Gasteiger partial charge in [0.15, 0.2) is 4.80 Å². The van der Waals surface area contributed by atoms with E-state index in [1.165, 1.54) is 11.3 Å². The highest BCUT2D eigenvalue weighted by atomic mass is 35.5. The number of carbonyl (C=O) groups is 1. The first kappa shape index (κ1) is 29.9. The molecule has 0 amide bonds. The summed E-state index contributed by atoms with van der Waals surface area (Å²) in [4.78, 5) is 32.6. The summed E-state index contributed by atoms with van der Waals surface area (Å²) in [6.45, 7) is 11.6. The smallest absolute Gasteiger partial charge is 0.338 e. The number of para-hydroxylation sites is 1. The number of allylic oxidation sites excluding steroid dienone is 1. The number of hydrogen-bond donors (Lipinski definition) is 0. The number of fused-ring (bicyclic) bond motifs is 1. The van der Waals surface area contributed by atoms with Crippen LogP contribution >= 0.6 is 34.5 Å². The Kier molecular flexibility index (Phi) is 8.51. The van der Waals surface area contributed by atoms with Gasteiger partial charge in [-0.25, -0.2) is 9.79 Å². The molecule has 1 aliphatic rings. The number of rotatable bonds is 7. The Labute approximate surface area is 258 Å². The van der Waals surface area contributed by atoms with Crippen molar-refractivity contribution in [1.29, 1.82) is 0 Å². The summed E-state index contributed by atoms with van der Waals surface area (Å²) in [7, 11) is 0. The van der Waals surface area contributed by atoms with Gasteiger partial charge >= 0.3 is 5.97 Å². The third-order valence-corrected chi connectivity index (χ3v) is 8.73. The summed E-state index contributed by atoms with van der Waals surface area (Å²) in [6.07, 6.45) is 1.76. The van der Waals surface area contributed by atoms with E-state index >= 15 is 0 Å². The number of esters is 1. The minimum Gasteiger partial charge on any atom is -0.491 e. The molecule has 3 heterocycles. The molecular weight excluding hydrogens is 593 g/mol. The molecule has 1 aliphatic heterocycles. The van der Waals surface area contributed by atoms with Crippen LogP contribution in [0.4, 0.5) is 0 Å². The maximum Gasteiger partial charge on any atom is 0.338 e. The third kappa shape index (κ3) is 5.46. The molecule has 42 heavy (non-hydrogen) atoms. The van der Waals surface area contributed by atoms with Crippen molar-refractivity contribution in [2.24, 2.45) is 4.99 Å². The van der Waals surface area contributed by atoms with E-state index in [-0.39, 0.29) is 18.3 Å². The van der Waals surface area contributed by atoms with Crippen LogP contribution in [0, 0.1) is 13.8 Å². The Bertz CT molecular complexity index is 1920. The standard InChI is InChI=1S/C32H31Cl2N3O4S/c1-7-40-31(39)28-19(5)35-32-37(29(28)23-10-8-9-11-26(23)41-17(2)3)30(38)27(42-32)15-21-14-18(4)36(20(21)6)22-12-13-24(33)25(34)16-22/h8-17,29H,7H2,1-6H3. The van der Waals surface area contributed by atoms with Gasteiger partial charge < -0.3 is 14.0 Å². The largest absolute Gasteiger partial charge is 0.491 e. The average Bonchev–Trinajstić information content (AvgIpc) is 3.39. The van der Waals surface area contributed by atoms with Crippen LogP contribution < -0.4 is 19.6 Å². The van der Waals surface area contributed by atoms with Crippen LogP contribution in [-0.4, -0.2) is 27.8 Å². The van der Waals surface area contributed by atoms with Crippen LogP contribution in [-0.2, 0) is 9.53 Å². The Morgan fingerprint density at radius 1 is 1.10 bits per heavy atom. The van der Waals surface area contributed by atoms with Crippen LogP contribution in [0.15, 0.2) is 69.6 Å². The van der Waals surface area contributed by atoms with Gasteiger partial charge in [0.2, 0.25) is 0 Å². The predicted octanol–water partition coefficient (Wildman–Crippen LogP) is 6.30. The molecule has 0 radical (unpaired) electrons. The van der Waals surface area contributed by atoms with E-state index in [4.69, 9.17) is 37.7 Å². The van der Waals surface area contributed by atoms with E-state index in [1.54, 1.807) is 24.5 Å². The fourth-order valence-electron chi connectivity index (χ4n) is 5.25. The van der Waals surface area contributed by atoms with Crippen molar-refractivity contribution in [3.8, 4) is 11.4 Å². The molecule has 218 valence electrons. The molecule has 0 bridgehead atoms. The van der Waals surface area contributed by atoms with E-state index in [0.717, 1.165) is 22.6 Å². The van der Waals surface area contributed by atoms with E-state index in [1.807, 2.05) is 76.2 Å². The number of ether oxygens (including phenoxy) is 2. The normalized spacial score (nSPS) is 15.2. The lowest BCUT2D eigenvalue weighted by atomic mass is 9.95. The molecule has 0 spiro atoms. The van der Waals surface area contributed by atoms with Crippen molar-refractivity contribution < 1.29 is 14.3 Å². The molecule has 0 saturated heterocycles. The maximum absolute atomic E-state index is 14.2. The number of aryl methyl sites for hydroxylation is 1. The average molecular weight is 625 g/mol.